The maximum atomic E-state index is 10.5. The quantitative estimate of drug-likeness (QED) is 0.854. The van der Waals surface area contributed by atoms with Crippen molar-refractivity contribution in [1.29, 1.82) is 0 Å². The molecular weight excluding hydrogens is 313 g/mol. The summed E-state index contributed by atoms with van der Waals surface area (Å²) < 4.78 is 0.698. The maximum Gasteiger partial charge on any atom is 0.313 e. The summed E-state index contributed by atoms with van der Waals surface area (Å²) in [5.41, 5.74) is 1.46. The van der Waals surface area contributed by atoms with Gasteiger partial charge in [0.2, 0.25) is 0 Å². The lowest BCUT2D eigenvalue weighted by atomic mass is 10.2. The van der Waals surface area contributed by atoms with E-state index >= 15 is 0 Å². The number of halogens is 2. The number of thiazole rings is 1. The lowest BCUT2D eigenvalue weighted by molar-refractivity contribution is -0.133. The number of carboxylic acid groups (broad SMARTS) is 1. The van der Waals surface area contributed by atoms with E-state index in [1.807, 2.05) is 5.38 Å². The zero-order valence-electron chi connectivity index (χ0n) is 8.89. The van der Waals surface area contributed by atoms with Crippen LogP contribution >= 0.6 is 46.3 Å². The Hall–Kier alpha value is -0.750. The highest BCUT2D eigenvalue weighted by Crippen LogP contribution is 2.33. The van der Waals surface area contributed by atoms with Gasteiger partial charge in [-0.05, 0) is 18.2 Å². The molecule has 0 fully saturated rings. The number of carbonyl (C=O) groups is 1. The van der Waals surface area contributed by atoms with Crippen LogP contribution in [-0.2, 0) is 4.79 Å². The zero-order chi connectivity index (χ0) is 13.1. The van der Waals surface area contributed by atoms with E-state index in [4.69, 9.17) is 28.3 Å². The van der Waals surface area contributed by atoms with Crippen molar-refractivity contribution < 1.29 is 9.90 Å². The molecule has 0 bridgehead atoms. The van der Waals surface area contributed by atoms with E-state index in [1.54, 1.807) is 18.2 Å². The van der Waals surface area contributed by atoms with Crippen LogP contribution < -0.4 is 0 Å². The van der Waals surface area contributed by atoms with Gasteiger partial charge in [0.1, 0.15) is 0 Å². The van der Waals surface area contributed by atoms with Crippen molar-refractivity contribution in [1.82, 2.24) is 4.98 Å². The number of carboxylic acids is 1. The lowest BCUT2D eigenvalue weighted by Gasteiger charge is -2.00. The molecule has 0 unspecified atom stereocenters. The minimum Gasteiger partial charge on any atom is -0.481 e. The van der Waals surface area contributed by atoms with E-state index in [-0.39, 0.29) is 5.75 Å². The van der Waals surface area contributed by atoms with Gasteiger partial charge in [-0.3, -0.25) is 4.79 Å². The average molecular weight is 320 g/mol. The molecule has 2 rings (SSSR count). The fraction of sp³-hybridized carbons (Fsp3) is 0.0909. The number of nitrogens with zero attached hydrogens (tertiary/aromatic N) is 1. The molecule has 0 atom stereocenters. The molecule has 1 aromatic carbocycles. The molecule has 0 spiro atoms. The van der Waals surface area contributed by atoms with Gasteiger partial charge in [0.15, 0.2) is 4.34 Å². The van der Waals surface area contributed by atoms with Crippen molar-refractivity contribution in [3.8, 4) is 11.3 Å². The van der Waals surface area contributed by atoms with Gasteiger partial charge in [-0.25, -0.2) is 4.98 Å². The van der Waals surface area contributed by atoms with Crippen molar-refractivity contribution in [2.24, 2.45) is 0 Å². The first-order chi connectivity index (χ1) is 8.56. The van der Waals surface area contributed by atoms with Gasteiger partial charge in [-0.2, -0.15) is 0 Å². The predicted octanol–water partition coefficient (Wildman–Crippen LogP) is 4.29. The smallest absolute Gasteiger partial charge is 0.313 e. The molecule has 2 aromatic rings. The first kappa shape index (κ1) is 13.7. The molecule has 1 heterocycles. The van der Waals surface area contributed by atoms with E-state index in [0.717, 1.165) is 5.56 Å². The molecule has 18 heavy (non-hydrogen) atoms. The SMILES string of the molecule is O=C(O)CSc1nc(-c2cc(Cl)ccc2Cl)cs1. The van der Waals surface area contributed by atoms with Crippen LogP contribution in [0.1, 0.15) is 0 Å². The summed E-state index contributed by atoms with van der Waals surface area (Å²) in [4.78, 5) is 14.8. The Balaban J connectivity index is 2.23. The van der Waals surface area contributed by atoms with Crippen LogP contribution in [0.5, 0.6) is 0 Å². The van der Waals surface area contributed by atoms with Crippen LogP contribution in [0.4, 0.5) is 0 Å². The Labute approximate surface area is 122 Å². The summed E-state index contributed by atoms with van der Waals surface area (Å²) in [5.74, 6) is -0.867. The number of aromatic nitrogens is 1. The second-order valence-electron chi connectivity index (χ2n) is 3.31. The van der Waals surface area contributed by atoms with Gasteiger partial charge < -0.3 is 5.11 Å². The molecule has 0 aliphatic rings. The van der Waals surface area contributed by atoms with Gasteiger partial charge in [-0.15, -0.1) is 11.3 Å². The first-order valence-electron chi connectivity index (χ1n) is 4.82. The van der Waals surface area contributed by atoms with Gasteiger partial charge in [0.05, 0.1) is 16.5 Å². The van der Waals surface area contributed by atoms with Gasteiger partial charge in [0, 0.05) is 16.0 Å². The normalized spacial score (nSPS) is 10.6. The highest BCUT2D eigenvalue weighted by atomic mass is 35.5. The van der Waals surface area contributed by atoms with Gasteiger partial charge >= 0.3 is 5.97 Å². The number of rotatable bonds is 4. The van der Waals surface area contributed by atoms with Crippen molar-refractivity contribution in [2.75, 3.05) is 5.75 Å². The highest BCUT2D eigenvalue weighted by molar-refractivity contribution is 8.01. The van der Waals surface area contributed by atoms with Gasteiger partial charge in [0.25, 0.3) is 0 Å². The van der Waals surface area contributed by atoms with Crippen LogP contribution in [0.15, 0.2) is 27.9 Å². The molecule has 0 saturated carbocycles. The van der Waals surface area contributed by atoms with E-state index in [1.165, 1.54) is 23.1 Å². The van der Waals surface area contributed by atoms with Crippen LogP contribution in [0.2, 0.25) is 10.0 Å². The Morgan fingerprint density at radius 3 is 2.94 bits per heavy atom. The minimum atomic E-state index is -0.863. The Kier molecular flexibility index (Phi) is 4.50. The topological polar surface area (TPSA) is 50.2 Å². The molecular formula is C11H7Cl2NO2S2. The molecule has 1 N–H and O–H groups in total. The number of benzene rings is 1. The molecule has 3 nitrogen and oxygen atoms in total. The number of aliphatic carboxylic acids is 1. The van der Waals surface area contributed by atoms with Crippen LogP contribution in [-0.4, -0.2) is 21.8 Å². The fourth-order valence-electron chi connectivity index (χ4n) is 1.26. The zero-order valence-corrected chi connectivity index (χ0v) is 12.0. The second-order valence-corrected chi connectivity index (χ2v) is 6.23. The maximum absolute atomic E-state index is 10.5. The minimum absolute atomic E-state index is 0.00374. The molecule has 7 heteroatoms. The molecule has 94 valence electrons. The Morgan fingerprint density at radius 1 is 1.44 bits per heavy atom. The Bertz CT molecular complexity index is 586. The summed E-state index contributed by atoms with van der Waals surface area (Å²) in [7, 11) is 0. The lowest BCUT2D eigenvalue weighted by Crippen LogP contribution is -1.96. The molecule has 0 saturated heterocycles. The fourth-order valence-corrected chi connectivity index (χ4v) is 3.20. The van der Waals surface area contributed by atoms with E-state index in [9.17, 15) is 4.79 Å². The third-order valence-corrected chi connectivity index (χ3v) is 4.58. The third-order valence-electron chi connectivity index (χ3n) is 2.01. The first-order valence-corrected chi connectivity index (χ1v) is 7.44. The van der Waals surface area contributed by atoms with Crippen LogP contribution in [0.25, 0.3) is 11.3 Å². The van der Waals surface area contributed by atoms with Crippen molar-refractivity contribution in [3.63, 3.8) is 0 Å². The average Bonchev–Trinajstić information content (AvgIpc) is 2.78. The molecule has 0 radical (unpaired) electrons. The summed E-state index contributed by atoms with van der Waals surface area (Å²) in [5, 5.41) is 11.6. The number of hydrogen-bond acceptors (Lipinski definition) is 4. The molecule has 0 aliphatic heterocycles. The van der Waals surface area contributed by atoms with Crippen LogP contribution in [0.3, 0.4) is 0 Å². The van der Waals surface area contributed by atoms with Gasteiger partial charge in [-0.1, -0.05) is 35.0 Å². The summed E-state index contributed by atoms with van der Waals surface area (Å²) in [6, 6.07) is 5.16. The van der Waals surface area contributed by atoms with E-state index in [2.05, 4.69) is 4.98 Å². The number of hydrogen-bond donors (Lipinski definition) is 1. The monoisotopic (exact) mass is 319 g/mol. The van der Waals surface area contributed by atoms with Crippen molar-refractivity contribution in [2.45, 2.75) is 4.34 Å². The molecule has 0 amide bonds. The summed E-state index contributed by atoms with van der Waals surface area (Å²) in [6.07, 6.45) is 0. The van der Waals surface area contributed by atoms with Crippen molar-refractivity contribution in [3.05, 3.63) is 33.6 Å². The molecule has 0 aliphatic carbocycles. The van der Waals surface area contributed by atoms with Crippen LogP contribution in [0, 0.1) is 0 Å². The molecule has 1 aromatic heterocycles. The highest BCUT2D eigenvalue weighted by Gasteiger charge is 2.10. The predicted molar refractivity (Wildman–Crippen MR) is 75.9 cm³/mol. The van der Waals surface area contributed by atoms with E-state index < -0.39 is 5.97 Å². The largest absolute Gasteiger partial charge is 0.481 e. The standard InChI is InChI=1S/C11H7Cl2NO2S2/c12-6-1-2-8(13)7(3-6)9-4-17-11(14-9)18-5-10(15)16/h1-4H,5H2,(H,15,16). The third kappa shape index (κ3) is 3.38. The second kappa shape index (κ2) is 5.93. The van der Waals surface area contributed by atoms with E-state index in [0.29, 0.717) is 20.1 Å². The Morgan fingerprint density at radius 2 is 2.22 bits per heavy atom. The van der Waals surface area contributed by atoms with Crippen molar-refractivity contribution >= 4 is 52.3 Å². The number of thioether (sulfide) groups is 1. The summed E-state index contributed by atoms with van der Waals surface area (Å²) in [6.45, 7) is 0. The summed E-state index contributed by atoms with van der Waals surface area (Å²) >= 11 is 14.6.